The minimum Gasteiger partial charge on any atom is -0.494 e. The predicted octanol–water partition coefficient (Wildman–Crippen LogP) is 2.78. The fourth-order valence-corrected chi connectivity index (χ4v) is 1.65. The first kappa shape index (κ1) is 14.3. The van der Waals surface area contributed by atoms with Crippen molar-refractivity contribution in [1.29, 1.82) is 0 Å². The van der Waals surface area contributed by atoms with Gasteiger partial charge in [0.25, 0.3) is 0 Å². The van der Waals surface area contributed by atoms with Crippen LogP contribution in [0.1, 0.15) is 19.5 Å². The predicted molar refractivity (Wildman–Crippen MR) is 77.1 cm³/mol. The smallest absolute Gasteiger partial charge is 0.237 e. The molecule has 0 atom stereocenters. The normalized spacial score (nSPS) is 10.3. The zero-order valence-corrected chi connectivity index (χ0v) is 11.8. The van der Waals surface area contributed by atoms with Gasteiger partial charge in [0.2, 0.25) is 5.88 Å². The summed E-state index contributed by atoms with van der Waals surface area (Å²) in [5, 5.41) is 3.20. The summed E-state index contributed by atoms with van der Waals surface area (Å²) in [6, 6.07) is 7.46. The summed E-state index contributed by atoms with van der Waals surface area (Å²) in [5.74, 6) is 1.94. The van der Waals surface area contributed by atoms with E-state index in [2.05, 4.69) is 22.2 Å². The zero-order chi connectivity index (χ0) is 14.2. The molecular formula is C15H19N3O2. The van der Waals surface area contributed by atoms with Gasteiger partial charge in [-0.25, -0.2) is 4.98 Å². The standard InChI is InChI=1S/C15H19N3O2/c1-3-16-9-12-10-18-15(11-17-12)20-14-7-5-6-13(8-14)19-4-2/h5-8,10-11,16H,3-4,9H2,1-2H3. The highest BCUT2D eigenvalue weighted by atomic mass is 16.5. The van der Waals surface area contributed by atoms with E-state index in [0.29, 0.717) is 24.8 Å². The highest BCUT2D eigenvalue weighted by Gasteiger charge is 2.02. The molecule has 0 amide bonds. The number of nitrogens with zero attached hydrogens (tertiary/aromatic N) is 2. The van der Waals surface area contributed by atoms with Crippen LogP contribution in [0, 0.1) is 0 Å². The first-order chi connectivity index (χ1) is 9.81. The van der Waals surface area contributed by atoms with E-state index in [1.807, 2.05) is 31.2 Å². The van der Waals surface area contributed by atoms with E-state index >= 15 is 0 Å². The molecule has 106 valence electrons. The topological polar surface area (TPSA) is 56.3 Å². The molecule has 2 rings (SSSR count). The quantitative estimate of drug-likeness (QED) is 0.840. The van der Waals surface area contributed by atoms with Crippen LogP contribution in [0.5, 0.6) is 17.4 Å². The van der Waals surface area contributed by atoms with E-state index < -0.39 is 0 Å². The molecule has 0 fully saturated rings. The first-order valence-corrected chi connectivity index (χ1v) is 6.74. The lowest BCUT2D eigenvalue weighted by atomic mass is 10.3. The Hall–Kier alpha value is -2.14. The molecule has 0 aliphatic heterocycles. The summed E-state index contributed by atoms with van der Waals surface area (Å²) in [5.41, 5.74) is 0.891. The molecule has 1 heterocycles. The SMILES string of the molecule is CCNCc1cnc(Oc2cccc(OCC)c2)cn1. The van der Waals surface area contributed by atoms with Crippen molar-refractivity contribution in [2.45, 2.75) is 20.4 Å². The third-order valence-electron chi connectivity index (χ3n) is 2.58. The molecule has 5 nitrogen and oxygen atoms in total. The minimum absolute atomic E-state index is 0.471. The van der Waals surface area contributed by atoms with Gasteiger partial charge >= 0.3 is 0 Å². The van der Waals surface area contributed by atoms with Gasteiger partial charge in [0.15, 0.2) is 0 Å². The van der Waals surface area contributed by atoms with E-state index in [1.54, 1.807) is 12.4 Å². The molecule has 0 aliphatic rings. The van der Waals surface area contributed by atoms with Crippen molar-refractivity contribution in [3.63, 3.8) is 0 Å². The summed E-state index contributed by atoms with van der Waals surface area (Å²) in [6.45, 7) is 6.24. The Morgan fingerprint density at radius 1 is 1.10 bits per heavy atom. The number of hydrogen-bond donors (Lipinski definition) is 1. The highest BCUT2D eigenvalue weighted by molar-refractivity contribution is 5.34. The van der Waals surface area contributed by atoms with Gasteiger partial charge in [0.1, 0.15) is 11.5 Å². The fraction of sp³-hybridized carbons (Fsp3) is 0.333. The summed E-state index contributed by atoms with van der Waals surface area (Å²) in [7, 11) is 0. The maximum atomic E-state index is 5.65. The van der Waals surface area contributed by atoms with Crippen molar-refractivity contribution < 1.29 is 9.47 Å². The van der Waals surface area contributed by atoms with Crippen molar-refractivity contribution in [1.82, 2.24) is 15.3 Å². The molecule has 0 aliphatic carbocycles. The number of ether oxygens (including phenoxy) is 2. The Bertz CT molecular complexity index is 529. The van der Waals surface area contributed by atoms with Gasteiger partial charge in [0, 0.05) is 12.6 Å². The van der Waals surface area contributed by atoms with Crippen molar-refractivity contribution in [3.8, 4) is 17.4 Å². The molecule has 0 saturated heterocycles. The van der Waals surface area contributed by atoms with E-state index in [9.17, 15) is 0 Å². The molecule has 1 aromatic heterocycles. The van der Waals surface area contributed by atoms with E-state index in [4.69, 9.17) is 9.47 Å². The van der Waals surface area contributed by atoms with Crippen LogP contribution in [0.2, 0.25) is 0 Å². The minimum atomic E-state index is 0.471. The largest absolute Gasteiger partial charge is 0.494 e. The molecular weight excluding hydrogens is 254 g/mol. The number of nitrogens with one attached hydrogen (secondary N) is 1. The van der Waals surface area contributed by atoms with Crippen molar-refractivity contribution in [3.05, 3.63) is 42.4 Å². The van der Waals surface area contributed by atoms with E-state index in [-0.39, 0.29) is 0 Å². The van der Waals surface area contributed by atoms with Crippen LogP contribution in [-0.4, -0.2) is 23.1 Å². The molecule has 2 aromatic rings. The van der Waals surface area contributed by atoms with Gasteiger partial charge in [-0.15, -0.1) is 0 Å². The second kappa shape index (κ2) is 7.45. The Balaban J connectivity index is 2.00. The number of hydrogen-bond acceptors (Lipinski definition) is 5. The summed E-state index contributed by atoms with van der Waals surface area (Å²) in [4.78, 5) is 8.53. The second-order valence-electron chi connectivity index (χ2n) is 4.14. The number of benzene rings is 1. The molecule has 0 unspecified atom stereocenters. The van der Waals surface area contributed by atoms with E-state index in [1.165, 1.54) is 0 Å². The van der Waals surface area contributed by atoms with Crippen molar-refractivity contribution >= 4 is 0 Å². The molecule has 0 radical (unpaired) electrons. The second-order valence-corrected chi connectivity index (χ2v) is 4.14. The van der Waals surface area contributed by atoms with Gasteiger partial charge in [-0.3, -0.25) is 4.98 Å². The molecule has 0 saturated carbocycles. The molecule has 0 bridgehead atoms. The highest BCUT2D eigenvalue weighted by Crippen LogP contribution is 2.23. The summed E-state index contributed by atoms with van der Waals surface area (Å²) >= 11 is 0. The molecule has 0 spiro atoms. The number of rotatable bonds is 7. The third-order valence-corrected chi connectivity index (χ3v) is 2.58. The van der Waals surface area contributed by atoms with Crippen LogP contribution >= 0.6 is 0 Å². The third kappa shape index (κ3) is 4.20. The average molecular weight is 273 g/mol. The van der Waals surface area contributed by atoms with Crippen LogP contribution in [0.25, 0.3) is 0 Å². The van der Waals surface area contributed by atoms with Gasteiger partial charge in [-0.05, 0) is 25.6 Å². The molecule has 1 N–H and O–H groups in total. The van der Waals surface area contributed by atoms with Crippen molar-refractivity contribution in [2.24, 2.45) is 0 Å². The molecule has 20 heavy (non-hydrogen) atoms. The molecule has 1 aromatic carbocycles. The lowest BCUT2D eigenvalue weighted by molar-refractivity contribution is 0.338. The Morgan fingerprint density at radius 3 is 2.65 bits per heavy atom. The Morgan fingerprint density at radius 2 is 1.95 bits per heavy atom. The van der Waals surface area contributed by atoms with Crippen LogP contribution in [0.3, 0.4) is 0 Å². The van der Waals surface area contributed by atoms with Crippen LogP contribution < -0.4 is 14.8 Å². The lowest BCUT2D eigenvalue weighted by Gasteiger charge is -2.07. The maximum Gasteiger partial charge on any atom is 0.237 e. The summed E-state index contributed by atoms with van der Waals surface area (Å²) in [6.07, 6.45) is 3.34. The van der Waals surface area contributed by atoms with Crippen molar-refractivity contribution in [2.75, 3.05) is 13.2 Å². The Kier molecular flexibility index (Phi) is 5.32. The van der Waals surface area contributed by atoms with Gasteiger partial charge < -0.3 is 14.8 Å². The number of aromatic nitrogens is 2. The fourth-order valence-electron chi connectivity index (χ4n) is 1.65. The maximum absolute atomic E-state index is 5.65. The van der Waals surface area contributed by atoms with Crippen LogP contribution in [0.4, 0.5) is 0 Å². The summed E-state index contributed by atoms with van der Waals surface area (Å²) < 4.78 is 11.1. The molecule has 5 heteroatoms. The Labute approximate surface area is 119 Å². The van der Waals surface area contributed by atoms with Gasteiger partial charge in [-0.1, -0.05) is 13.0 Å². The average Bonchev–Trinajstić information content (AvgIpc) is 2.47. The first-order valence-electron chi connectivity index (χ1n) is 6.74. The van der Waals surface area contributed by atoms with Crippen LogP contribution in [0.15, 0.2) is 36.7 Å². The van der Waals surface area contributed by atoms with Crippen LogP contribution in [-0.2, 0) is 6.54 Å². The van der Waals surface area contributed by atoms with E-state index in [0.717, 1.165) is 18.0 Å². The zero-order valence-electron chi connectivity index (χ0n) is 11.8. The van der Waals surface area contributed by atoms with Gasteiger partial charge in [0.05, 0.1) is 24.7 Å². The lowest BCUT2D eigenvalue weighted by Crippen LogP contribution is -2.13. The monoisotopic (exact) mass is 273 g/mol. The van der Waals surface area contributed by atoms with Gasteiger partial charge in [-0.2, -0.15) is 0 Å².